The first-order chi connectivity index (χ1) is 7.70. The minimum Gasteiger partial charge on any atom is -0.481 e. The number of rotatable bonds is 4. The summed E-state index contributed by atoms with van der Waals surface area (Å²) in [6.45, 7) is 0. The molecule has 4 nitrogen and oxygen atoms in total. The summed E-state index contributed by atoms with van der Waals surface area (Å²) in [6, 6.07) is 3.76. The summed E-state index contributed by atoms with van der Waals surface area (Å²) < 4.78 is 4.93. The molecule has 1 aliphatic carbocycles. The second-order valence-corrected chi connectivity index (χ2v) is 4.22. The number of pyridine rings is 1. The van der Waals surface area contributed by atoms with E-state index >= 15 is 0 Å². The van der Waals surface area contributed by atoms with Crippen LogP contribution >= 0.6 is 11.6 Å². The summed E-state index contributed by atoms with van der Waals surface area (Å²) in [5.74, 6) is 0.353. The van der Waals surface area contributed by atoms with Crippen LogP contribution in [0.2, 0.25) is 0 Å². The highest BCUT2D eigenvalue weighted by Crippen LogP contribution is 2.24. The lowest BCUT2D eigenvalue weighted by molar-refractivity contribution is -0.121. The Bertz CT molecular complexity index is 376. The van der Waals surface area contributed by atoms with Gasteiger partial charge in [-0.05, 0) is 18.4 Å². The van der Waals surface area contributed by atoms with Crippen LogP contribution in [-0.4, -0.2) is 24.0 Å². The fourth-order valence-corrected chi connectivity index (χ4v) is 1.51. The highest BCUT2D eigenvalue weighted by atomic mass is 35.5. The van der Waals surface area contributed by atoms with Crippen molar-refractivity contribution in [3.05, 3.63) is 23.9 Å². The Morgan fingerprint density at radius 2 is 2.38 bits per heavy atom. The van der Waals surface area contributed by atoms with E-state index in [9.17, 15) is 4.79 Å². The minimum atomic E-state index is -0.681. The van der Waals surface area contributed by atoms with E-state index in [1.165, 1.54) is 0 Å². The normalized spacial score (nSPS) is 16.6. The van der Waals surface area contributed by atoms with Crippen molar-refractivity contribution >= 4 is 17.5 Å². The molecule has 5 heteroatoms. The lowest BCUT2D eigenvalue weighted by Crippen LogP contribution is -2.28. The van der Waals surface area contributed by atoms with Gasteiger partial charge in [0.1, 0.15) is 5.38 Å². The number of alkyl halides is 1. The second kappa shape index (κ2) is 4.70. The maximum Gasteiger partial charge on any atom is 0.242 e. The van der Waals surface area contributed by atoms with E-state index in [-0.39, 0.29) is 5.91 Å². The Morgan fingerprint density at radius 3 is 2.88 bits per heavy atom. The first-order valence-corrected chi connectivity index (χ1v) is 5.58. The van der Waals surface area contributed by atoms with Gasteiger partial charge in [0.25, 0.3) is 0 Å². The summed E-state index contributed by atoms with van der Waals surface area (Å²) in [5.41, 5.74) is 0.681. The van der Waals surface area contributed by atoms with Crippen LogP contribution in [0.15, 0.2) is 18.3 Å². The number of hydrogen-bond acceptors (Lipinski definition) is 3. The van der Waals surface area contributed by atoms with Crippen molar-refractivity contribution in [1.29, 1.82) is 0 Å². The molecule has 0 saturated heterocycles. The van der Waals surface area contributed by atoms with Crippen LogP contribution in [0.1, 0.15) is 23.8 Å². The summed E-state index contributed by atoms with van der Waals surface area (Å²) in [5, 5.41) is 2.17. The van der Waals surface area contributed by atoms with Gasteiger partial charge in [-0.1, -0.05) is 6.07 Å². The summed E-state index contributed by atoms with van der Waals surface area (Å²) in [6.07, 6.45) is 3.66. The number of nitrogens with one attached hydrogen (secondary N) is 1. The van der Waals surface area contributed by atoms with Gasteiger partial charge < -0.3 is 10.1 Å². The molecule has 0 aromatic carbocycles. The maximum atomic E-state index is 11.6. The van der Waals surface area contributed by atoms with Crippen molar-refractivity contribution in [2.75, 3.05) is 7.11 Å². The highest BCUT2D eigenvalue weighted by Gasteiger charge is 2.27. The first-order valence-electron chi connectivity index (χ1n) is 5.15. The number of carbonyl (C=O) groups is 1. The molecular weight excluding hydrogens is 228 g/mol. The van der Waals surface area contributed by atoms with Crippen LogP contribution < -0.4 is 10.1 Å². The van der Waals surface area contributed by atoms with Gasteiger partial charge in [-0.25, -0.2) is 4.98 Å². The third-order valence-corrected chi connectivity index (χ3v) is 2.87. The molecule has 1 N–H and O–H groups in total. The molecule has 1 heterocycles. The highest BCUT2D eigenvalue weighted by molar-refractivity contribution is 6.30. The second-order valence-electron chi connectivity index (χ2n) is 3.78. The molecule has 2 rings (SSSR count). The van der Waals surface area contributed by atoms with Crippen molar-refractivity contribution in [3.63, 3.8) is 0 Å². The number of carbonyl (C=O) groups excluding carboxylic acids is 1. The molecule has 1 aliphatic rings. The molecule has 1 unspecified atom stereocenters. The van der Waals surface area contributed by atoms with E-state index in [1.807, 2.05) is 0 Å². The average Bonchev–Trinajstić information content (AvgIpc) is 3.12. The SMILES string of the molecule is COc1ccc(C(Cl)C(=O)NC2CC2)cn1. The molecule has 1 amide bonds. The van der Waals surface area contributed by atoms with Gasteiger partial charge >= 0.3 is 0 Å². The maximum absolute atomic E-state index is 11.6. The monoisotopic (exact) mass is 240 g/mol. The molecule has 1 aromatic heterocycles. The van der Waals surface area contributed by atoms with Gasteiger partial charge in [0.05, 0.1) is 7.11 Å². The van der Waals surface area contributed by atoms with Crippen LogP contribution in [-0.2, 0) is 4.79 Å². The Labute approximate surface area is 99.0 Å². The summed E-state index contributed by atoms with van der Waals surface area (Å²) >= 11 is 6.03. The number of amides is 1. The van der Waals surface area contributed by atoms with Crippen molar-refractivity contribution in [3.8, 4) is 5.88 Å². The van der Waals surface area contributed by atoms with Crippen LogP contribution in [0.5, 0.6) is 5.88 Å². The number of ether oxygens (including phenoxy) is 1. The first kappa shape index (κ1) is 11.2. The van der Waals surface area contributed by atoms with Gasteiger partial charge in [-0.2, -0.15) is 0 Å². The zero-order chi connectivity index (χ0) is 11.5. The number of methoxy groups -OCH3 is 1. The van der Waals surface area contributed by atoms with Crippen molar-refractivity contribution < 1.29 is 9.53 Å². The topological polar surface area (TPSA) is 51.2 Å². The van der Waals surface area contributed by atoms with Crippen molar-refractivity contribution in [2.45, 2.75) is 24.3 Å². The Morgan fingerprint density at radius 1 is 1.62 bits per heavy atom. The molecule has 0 radical (unpaired) electrons. The standard InChI is InChI=1S/C11H13ClN2O2/c1-16-9-5-2-7(6-13-9)10(12)11(15)14-8-3-4-8/h2,5-6,8,10H,3-4H2,1H3,(H,14,15). The number of halogens is 1. The van der Waals surface area contributed by atoms with Crippen LogP contribution in [0.4, 0.5) is 0 Å². The zero-order valence-corrected chi connectivity index (χ0v) is 9.70. The number of nitrogens with zero attached hydrogens (tertiary/aromatic N) is 1. The van der Waals surface area contributed by atoms with E-state index in [0.29, 0.717) is 17.5 Å². The molecule has 1 aromatic rings. The van der Waals surface area contributed by atoms with Crippen molar-refractivity contribution in [2.24, 2.45) is 0 Å². The molecule has 1 saturated carbocycles. The average molecular weight is 241 g/mol. The largest absolute Gasteiger partial charge is 0.481 e. The fraction of sp³-hybridized carbons (Fsp3) is 0.455. The molecule has 1 atom stereocenters. The smallest absolute Gasteiger partial charge is 0.242 e. The third-order valence-electron chi connectivity index (χ3n) is 2.41. The Kier molecular flexibility index (Phi) is 3.29. The van der Waals surface area contributed by atoms with Gasteiger partial charge in [-0.15, -0.1) is 11.6 Å². The van der Waals surface area contributed by atoms with Gasteiger partial charge in [-0.3, -0.25) is 4.79 Å². The fourth-order valence-electron chi connectivity index (χ4n) is 1.32. The quantitative estimate of drug-likeness (QED) is 0.815. The summed E-state index contributed by atoms with van der Waals surface area (Å²) in [4.78, 5) is 15.7. The molecular formula is C11H13ClN2O2. The molecule has 16 heavy (non-hydrogen) atoms. The van der Waals surface area contributed by atoms with Crippen LogP contribution in [0.25, 0.3) is 0 Å². The Balaban J connectivity index is 2.00. The lowest BCUT2D eigenvalue weighted by Gasteiger charge is -2.10. The van der Waals surface area contributed by atoms with Gasteiger partial charge in [0.2, 0.25) is 11.8 Å². The molecule has 86 valence electrons. The number of hydrogen-bond donors (Lipinski definition) is 1. The molecule has 1 fully saturated rings. The van der Waals surface area contributed by atoms with E-state index in [4.69, 9.17) is 16.3 Å². The molecule has 0 aliphatic heterocycles. The van der Waals surface area contributed by atoms with Crippen molar-refractivity contribution in [1.82, 2.24) is 10.3 Å². The Hall–Kier alpha value is -1.29. The minimum absolute atomic E-state index is 0.156. The molecule has 0 spiro atoms. The van der Waals surface area contributed by atoms with E-state index in [1.54, 1.807) is 25.4 Å². The van der Waals surface area contributed by atoms with Crippen LogP contribution in [0, 0.1) is 0 Å². The predicted molar refractivity (Wildman–Crippen MR) is 60.5 cm³/mol. The van der Waals surface area contributed by atoms with E-state index in [2.05, 4.69) is 10.3 Å². The zero-order valence-electron chi connectivity index (χ0n) is 8.94. The van der Waals surface area contributed by atoms with E-state index < -0.39 is 5.38 Å². The number of aromatic nitrogens is 1. The van der Waals surface area contributed by atoms with E-state index in [0.717, 1.165) is 12.8 Å². The third kappa shape index (κ3) is 2.64. The lowest BCUT2D eigenvalue weighted by atomic mass is 10.2. The van der Waals surface area contributed by atoms with Gasteiger partial charge in [0.15, 0.2) is 0 Å². The summed E-state index contributed by atoms with van der Waals surface area (Å²) in [7, 11) is 1.54. The van der Waals surface area contributed by atoms with Crippen LogP contribution in [0.3, 0.4) is 0 Å². The molecule has 0 bridgehead atoms. The van der Waals surface area contributed by atoms with Gasteiger partial charge in [0, 0.05) is 18.3 Å². The predicted octanol–water partition coefficient (Wildman–Crippen LogP) is 1.65.